The number of fused-ring (bicyclic) bond motifs is 1. The van der Waals surface area contributed by atoms with E-state index in [0.29, 0.717) is 17.3 Å². The van der Waals surface area contributed by atoms with Gasteiger partial charge in [0.2, 0.25) is 5.88 Å². The number of aliphatic carboxylic acids is 1. The van der Waals surface area contributed by atoms with Crippen molar-refractivity contribution in [3.63, 3.8) is 0 Å². The van der Waals surface area contributed by atoms with Crippen molar-refractivity contribution < 1.29 is 14.6 Å². The summed E-state index contributed by atoms with van der Waals surface area (Å²) in [6, 6.07) is 24.9. The molecule has 0 unspecified atom stereocenters. The Morgan fingerprint density at radius 3 is 2.53 bits per heavy atom. The molecular formula is C27H21N3O3S. The van der Waals surface area contributed by atoms with Crippen LogP contribution in [0.4, 0.5) is 0 Å². The molecule has 1 aromatic heterocycles. The van der Waals surface area contributed by atoms with Gasteiger partial charge in [0, 0.05) is 18.2 Å². The molecule has 1 N–H and O–H groups in total. The average molecular weight is 468 g/mol. The number of pyridine rings is 1. The summed E-state index contributed by atoms with van der Waals surface area (Å²) in [4.78, 5) is 15.3. The molecule has 0 saturated heterocycles. The zero-order chi connectivity index (χ0) is 23.5. The lowest BCUT2D eigenvalue weighted by atomic mass is 9.93. The number of aromatic nitrogens is 1. The van der Waals surface area contributed by atoms with Gasteiger partial charge < -0.3 is 9.84 Å². The third-order valence-electron chi connectivity index (χ3n) is 5.59. The Bertz CT molecular complexity index is 1460. The predicted octanol–water partition coefficient (Wildman–Crippen LogP) is 5.90. The molecule has 4 aromatic rings. The van der Waals surface area contributed by atoms with Crippen LogP contribution in [0.5, 0.6) is 5.88 Å². The highest BCUT2D eigenvalue weighted by atomic mass is 32.2. The van der Waals surface area contributed by atoms with Crippen molar-refractivity contribution in [2.24, 2.45) is 10.2 Å². The van der Waals surface area contributed by atoms with E-state index in [1.165, 1.54) is 22.5 Å². The lowest BCUT2D eigenvalue weighted by Gasteiger charge is -2.13. The minimum atomic E-state index is -0.870. The molecule has 0 bridgehead atoms. The molecule has 0 atom stereocenters. The molecule has 7 heteroatoms. The van der Waals surface area contributed by atoms with Crippen LogP contribution < -0.4 is 4.74 Å². The number of ether oxygens (including phenoxy) is 1. The normalized spacial score (nSPS) is 13.0. The smallest absolute Gasteiger partial charge is 0.313 e. The molecular weight excluding hydrogens is 446 g/mol. The highest BCUT2D eigenvalue weighted by Gasteiger charge is 2.19. The van der Waals surface area contributed by atoms with Gasteiger partial charge in [0.15, 0.2) is 0 Å². The van der Waals surface area contributed by atoms with E-state index in [-0.39, 0.29) is 5.75 Å². The maximum absolute atomic E-state index is 10.9. The van der Waals surface area contributed by atoms with Gasteiger partial charge in [-0.25, -0.2) is 4.98 Å². The lowest BCUT2D eigenvalue weighted by Crippen LogP contribution is -2.06. The molecule has 1 aliphatic rings. The zero-order valence-corrected chi connectivity index (χ0v) is 19.2. The number of carbonyl (C=O) groups is 1. The van der Waals surface area contributed by atoms with Crippen LogP contribution in [0.15, 0.2) is 89.2 Å². The first kappa shape index (κ1) is 21.9. The van der Waals surface area contributed by atoms with E-state index in [1.54, 1.807) is 13.3 Å². The molecule has 168 valence electrons. The van der Waals surface area contributed by atoms with E-state index in [9.17, 15) is 4.79 Å². The Morgan fingerprint density at radius 1 is 0.912 bits per heavy atom. The molecule has 3 aromatic carbocycles. The molecule has 0 aliphatic carbocycles. The molecule has 5 rings (SSSR count). The minimum absolute atomic E-state index is 0.0309. The van der Waals surface area contributed by atoms with Crippen LogP contribution in [0.1, 0.15) is 12.0 Å². The molecule has 0 amide bonds. The number of rotatable bonds is 6. The second-order valence-electron chi connectivity index (χ2n) is 7.82. The fraction of sp³-hybridized carbons (Fsp3) is 0.111. The monoisotopic (exact) mass is 467 g/mol. The van der Waals surface area contributed by atoms with E-state index >= 15 is 0 Å². The molecule has 34 heavy (non-hydrogen) atoms. The van der Waals surface area contributed by atoms with Crippen molar-refractivity contribution >= 4 is 39.3 Å². The van der Waals surface area contributed by atoms with Crippen LogP contribution in [0.25, 0.3) is 33.0 Å². The first-order valence-corrected chi connectivity index (χ1v) is 11.7. The fourth-order valence-electron chi connectivity index (χ4n) is 3.97. The first-order chi connectivity index (χ1) is 16.6. The number of benzene rings is 3. The summed E-state index contributed by atoms with van der Waals surface area (Å²) in [6.45, 7) is 0. The minimum Gasteiger partial charge on any atom is -0.481 e. The van der Waals surface area contributed by atoms with E-state index in [1.807, 2.05) is 24.3 Å². The molecule has 0 saturated carbocycles. The van der Waals surface area contributed by atoms with Gasteiger partial charge in [-0.2, -0.15) is 5.10 Å². The van der Waals surface area contributed by atoms with Gasteiger partial charge in [-0.1, -0.05) is 48.2 Å². The van der Waals surface area contributed by atoms with Crippen LogP contribution in [0.3, 0.4) is 0 Å². The number of carboxylic acids is 1. The maximum Gasteiger partial charge on any atom is 0.313 e. The van der Waals surface area contributed by atoms with Gasteiger partial charge in [-0.05, 0) is 69.4 Å². The summed E-state index contributed by atoms with van der Waals surface area (Å²) in [5.74, 6) is -0.353. The van der Waals surface area contributed by atoms with E-state index in [4.69, 9.17) is 9.84 Å². The summed E-state index contributed by atoms with van der Waals surface area (Å²) in [6.07, 6.45) is 2.21. The SMILES string of the molecule is COc1ncccc1-c1cc(C2=NN=C(SCC(=O)O)C2)cc(-c2ccc3ccccc3c2)c1. The number of nitrogens with zero attached hydrogens (tertiary/aromatic N) is 3. The van der Waals surface area contributed by atoms with Crippen molar-refractivity contribution in [2.75, 3.05) is 12.9 Å². The third-order valence-corrected chi connectivity index (χ3v) is 6.54. The first-order valence-electron chi connectivity index (χ1n) is 10.7. The highest BCUT2D eigenvalue weighted by molar-refractivity contribution is 8.14. The molecule has 0 fully saturated rings. The summed E-state index contributed by atoms with van der Waals surface area (Å²) >= 11 is 1.21. The number of hydrogen-bond donors (Lipinski definition) is 1. The molecule has 1 aliphatic heterocycles. The number of thioether (sulfide) groups is 1. The average Bonchev–Trinajstić information content (AvgIpc) is 3.36. The van der Waals surface area contributed by atoms with Crippen molar-refractivity contribution in [3.8, 4) is 28.1 Å². The van der Waals surface area contributed by atoms with Crippen molar-refractivity contribution in [2.45, 2.75) is 6.42 Å². The summed E-state index contributed by atoms with van der Waals surface area (Å²) in [5, 5.41) is 20.6. The topological polar surface area (TPSA) is 84.1 Å². The van der Waals surface area contributed by atoms with Crippen LogP contribution in [0.2, 0.25) is 0 Å². The van der Waals surface area contributed by atoms with Gasteiger partial charge in [-0.3, -0.25) is 4.79 Å². The largest absolute Gasteiger partial charge is 0.481 e. The van der Waals surface area contributed by atoms with Crippen LogP contribution in [-0.4, -0.2) is 39.7 Å². The quantitative estimate of drug-likeness (QED) is 0.382. The fourth-order valence-corrected chi connectivity index (χ4v) is 4.60. The van der Waals surface area contributed by atoms with Gasteiger partial charge in [0.1, 0.15) is 5.04 Å². The van der Waals surface area contributed by atoms with E-state index in [2.05, 4.69) is 63.7 Å². The second kappa shape index (κ2) is 9.49. The summed E-state index contributed by atoms with van der Waals surface area (Å²) in [5.41, 5.74) is 5.71. The van der Waals surface area contributed by atoms with E-state index in [0.717, 1.165) is 33.5 Å². The van der Waals surface area contributed by atoms with Gasteiger partial charge >= 0.3 is 5.97 Å². The van der Waals surface area contributed by atoms with Gasteiger partial charge in [0.05, 0.1) is 18.6 Å². The third kappa shape index (κ3) is 4.56. The Kier molecular flexibility index (Phi) is 6.10. The Hall–Kier alpha value is -3.97. The zero-order valence-electron chi connectivity index (χ0n) is 18.4. The van der Waals surface area contributed by atoms with Crippen molar-refractivity contribution in [1.82, 2.24) is 4.98 Å². The van der Waals surface area contributed by atoms with Crippen LogP contribution in [0, 0.1) is 0 Å². The summed E-state index contributed by atoms with van der Waals surface area (Å²) < 4.78 is 5.52. The lowest BCUT2D eigenvalue weighted by molar-refractivity contribution is -0.133. The predicted molar refractivity (Wildman–Crippen MR) is 138 cm³/mol. The molecule has 0 spiro atoms. The van der Waals surface area contributed by atoms with Crippen molar-refractivity contribution in [3.05, 3.63) is 84.6 Å². The molecule has 0 radical (unpaired) electrons. The molecule has 2 heterocycles. The number of carboxylic acid groups (broad SMARTS) is 1. The van der Waals surface area contributed by atoms with Gasteiger partial charge in [0.25, 0.3) is 0 Å². The standard InChI is InChI=1S/C27H21N3O3S/c1-33-27-23(7-4-10-28-27)21-12-20(19-9-8-17-5-2-3-6-18(17)11-19)13-22(14-21)24-15-25(30-29-24)34-16-26(31)32/h2-14H,15-16H2,1H3,(H,31,32). The highest BCUT2D eigenvalue weighted by Crippen LogP contribution is 2.34. The maximum atomic E-state index is 10.9. The molecule has 6 nitrogen and oxygen atoms in total. The Labute approximate surface area is 201 Å². The second-order valence-corrected chi connectivity index (χ2v) is 8.87. The van der Waals surface area contributed by atoms with Crippen LogP contribution >= 0.6 is 11.8 Å². The van der Waals surface area contributed by atoms with Crippen molar-refractivity contribution in [1.29, 1.82) is 0 Å². The van der Waals surface area contributed by atoms with E-state index < -0.39 is 5.97 Å². The summed E-state index contributed by atoms with van der Waals surface area (Å²) in [7, 11) is 1.61. The number of methoxy groups -OCH3 is 1. The Balaban J connectivity index is 1.58. The van der Waals surface area contributed by atoms with Crippen LogP contribution in [-0.2, 0) is 4.79 Å². The van der Waals surface area contributed by atoms with Gasteiger partial charge in [-0.15, -0.1) is 5.10 Å². The Morgan fingerprint density at radius 2 is 1.71 bits per heavy atom. The number of hydrogen-bond acceptors (Lipinski definition) is 6.